The highest BCUT2D eigenvalue weighted by atomic mass is 16.5. The number of pyridine rings is 2. The van der Waals surface area contributed by atoms with Gasteiger partial charge in [-0.3, -0.25) is 4.90 Å². The molecule has 5 rings (SSSR count). The molecule has 1 aliphatic carbocycles. The third-order valence-electron chi connectivity index (χ3n) is 6.20. The minimum absolute atomic E-state index is 0.528. The normalized spacial score (nSPS) is 19.0. The number of hydrogen-bond acceptors (Lipinski definition) is 5. The zero-order valence-corrected chi connectivity index (χ0v) is 16.1. The van der Waals surface area contributed by atoms with E-state index in [9.17, 15) is 0 Å². The van der Waals surface area contributed by atoms with E-state index in [0.717, 1.165) is 55.5 Å². The van der Waals surface area contributed by atoms with Crippen molar-refractivity contribution >= 4 is 11.0 Å². The number of piperidine rings is 1. The first-order valence-corrected chi connectivity index (χ1v) is 10.1. The van der Waals surface area contributed by atoms with E-state index >= 15 is 0 Å². The van der Waals surface area contributed by atoms with E-state index in [1.54, 1.807) is 0 Å². The average Bonchev–Trinajstić information content (AvgIpc) is 3.50. The first-order chi connectivity index (χ1) is 13.2. The Labute approximate surface area is 159 Å². The number of nitrogens with zero attached hydrogens (tertiary/aromatic N) is 4. The maximum Gasteiger partial charge on any atom is 0.159 e. The van der Waals surface area contributed by atoms with Crippen LogP contribution in [0.1, 0.15) is 65.8 Å². The van der Waals surface area contributed by atoms with E-state index in [1.807, 2.05) is 20.0 Å². The summed E-state index contributed by atoms with van der Waals surface area (Å²) in [5, 5.41) is 5.25. The van der Waals surface area contributed by atoms with Gasteiger partial charge in [0.2, 0.25) is 0 Å². The minimum Gasteiger partial charge on any atom is -0.361 e. The van der Waals surface area contributed by atoms with Crippen molar-refractivity contribution in [3.63, 3.8) is 0 Å². The average molecular weight is 362 g/mol. The zero-order valence-electron chi connectivity index (χ0n) is 16.1. The Hall–Kier alpha value is -2.27. The van der Waals surface area contributed by atoms with Crippen molar-refractivity contribution in [1.82, 2.24) is 20.0 Å². The molecule has 3 aromatic heterocycles. The molecule has 1 saturated carbocycles. The molecule has 1 saturated heterocycles. The highest BCUT2D eigenvalue weighted by Gasteiger charge is 2.25. The fourth-order valence-electron chi connectivity index (χ4n) is 4.25. The van der Waals surface area contributed by atoms with Crippen LogP contribution in [0.5, 0.6) is 0 Å². The molecule has 140 valence electrons. The van der Waals surface area contributed by atoms with Gasteiger partial charge in [-0.25, -0.2) is 9.97 Å². The number of rotatable bonds is 4. The van der Waals surface area contributed by atoms with E-state index < -0.39 is 0 Å². The van der Waals surface area contributed by atoms with Crippen molar-refractivity contribution in [3.05, 3.63) is 52.7 Å². The molecular weight excluding hydrogens is 336 g/mol. The SMILES string of the molecule is Cc1noc(C)c1CN1CCC(c2ccc3cc(C4CC4)cnc3n2)CC1. The van der Waals surface area contributed by atoms with Gasteiger partial charge in [0.25, 0.3) is 0 Å². The molecule has 0 radical (unpaired) electrons. The molecule has 0 atom stereocenters. The van der Waals surface area contributed by atoms with Crippen molar-refractivity contribution in [3.8, 4) is 0 Å². The predicted octanol–water partition coefficient (Wildman–Crippen LogP) is 4.49. The van der Waals surface area contributed by atoms with Crippen LogP contribution in [0.25, 0.3) is 11.0 Å². The van der Waals surface area contributed by atoms with Crippen LogP contribution in [0.3, 0.4) is 0 Å². The lowest BCUT2D eigenvalue weighted by molar-refractivity contribution is 0.202. The van der Waals surface area contributed by atoms with Crippen LogP contribution in [0.4, 0.5) is 0 Å². The molecule has 5 nitrogen and oxygen atoms in total. The van der Waals surface area contributed by atoms with Crippen LogP contribution in [-0.4, -0.2) is 33.1 Å². The molecule has 2 fully saturated rings. The lowest BCUT2D eigenvalue weighted by Crippen LogP contribution is -2.33. The number of fused-ring (bicyclic) bond motifs is 1. The highest BCUT2D eigenvalue weighted by Crippen LogP contribution is 2.40. The summed E-state index contributed by atoms with van der Waals surface area (Å²) in [5.74, 6) is 2.21. The second-order valence-electron chi connectivity index (χ2n) is 8.18. The third kappa shape index (κ3) is 3.36. The monoisotopic (exact) mass is 362 g/mol. The molecule has 0 bridgehead atoms. The summed E-state index contributed by atoms with van der Waals surface area (Å²) in [6.45, 7) is 7.14. The van der Waals surface area contributed by atoms with Crippen LogP contribution in [-0.2, 0) is 6.54 Å². The summed E-state index contributed by atoms with van der Waals surface area (Å²) >= 11 is 0. The van der Waals surface area contributed by atoms with Crippen molar-refractivity contribution in [1.29, 1.82) is 0 Å². The Morgan fingerprint density at radius 3 is 2.59 bits per heavy atom. The van der Waals surface area contributed by atoms with E-state index in [4.69, 9.17) is 9.51 Å². The molecular formula is C22H26N4O. The zero-order chi connectivity index (χ0) is 18.4. The van der Waals surface area contributed by atoms with E-state index in [2.05, 4.69) is 33.2 Å². The number of likely N-dealkylation sites (tertiary alicyclic amines) is 1. The Morgan fingerprint density at radius 2 is 1.89 bits per heavy atom. The van der Waals surface area contributed by atoms with Gasteiger partial charge < -0.3 is 4.52 Å². The molecule has 27 heavy (non-hydrogen) atoms. The summed E-state index contributed by atoms with van der Waals surface area (Å²) in [4.78, 5) is 12.0. The van der Waals surface area contributed by atoms with Crippen LogP contribution < -0.4 is 0 Å². The Bertz CT molecular complexity index is 948. The van der Waals surface area contributed by atoms with Gasteiger partial charge in [-0.1, -0.05) is 5.16 Å². The van der Waals surface area contributed by atoms with Gasteiger partial charge in [0.1, 0.15) is 5.76 Å². The maximum absolute atomic E-state index is 5.30. The van der Waals surface area contributed by atoms with E-state index in [-0.39, 0.29) is 0 Å². The largest absolute Gasteiger partial charge is 0.361 e. The molecule has 0 unspecified atom stereocenters. The van der Waals surface area contributed by atoms with Gasteiger partial charge in [-0.05, 0) is 82.3 Å². The van der Waals surface area contributed by atoms with Crippen LogP contribution in [0.15, 0.2) is 28.9 Å². The van der Waals surface area contributed by atoms with Crippen molar-refractivity contribution < 1.29 is 4.52 Å². The maximum atomic E-state index is 5.30. The van der Waals surface area contributed by atoms with Crippen LogP contribution >= 0.6 is 0 Å². The molecule has 2 aliphatic rings. The summed E-state index contributed by atoms with van der Waals surface area (Å²) in [7, 11) is 0. The Kier molecular flexibility index (Phi) is 4.20. The summed E-state index contributed by atoms with van der Waals surface area (Å²) in [5.41, 5.74) is 5.74. The van der Waals surface area contributed by atoms with E-state index in [0.29, 0.717) is 5.92 Å². The summed E-state index contributed by atoms with van der Waals surface area (Å²) < 4.78 is 5.30. The molecule has 3 aromatic rings. The van der Waals surface area contributed by atoms with Gasteiger partial charge in [-0.15, -0.1) is 0 Å². The van der Waals surface area contributed by atoms with Gasteiger partial charge in [0.15, 0.2) is 5.65 Å². The standard InChI is InChI=1S/C22H26N4O/c1-14-20(15(2)27-25-14)13-26-9-7-17(8-10-26)21-6-5-18-11-19(16-3-4-16)12-23-22(18)24-21/h5-6,11-12,16-17H,3-4,7-10,13H2,1-2H3. The molecule has 5 heteroatoms. The van der Waals surface area contributed by atoms with E-state index in [1.165, 1.54) is 35.0 Å². The highest BCUT2D eigenvalue weighted by molar-refractivity contribution is 5.75. The van der Waals surface area contributed by atoms with Gasteiger partial charge in [-0.2, -0.15) is 0 Å². The Morgan fingerprint density at radius 1 is 1.07 bits per heavy atom. The van der Waals surface area contributed by atoms with Crippen molar-refractivity contribution in [2.24, 2.45) is 0 Å². The molecule has 0 aromatic carbocycles. The molecule has 0 amide bonds. The van der Waals surface area contributed by atoms with Gasteiger partial charge in [0.05, 0.1) is 5.69 Å². The number of aromatic nitrogens is 3. The first-order valence-electron chi connectivity index (χ1n) is 10.1. The lowest BCUT2D eigenvalue weighted by Gasteiger charge is -2.31. The van der Waals surface area contributed by atoms with Crippen LogP contribution in [0, 0.1) is 13.8 Å². The molecule has 1 aliphatic heterocycles. The second-order valence-corrected chi connectivity index (χ2v) is 8.18. The second kappa shape index (κ2) is 6.71. The van der Waals surface area contributed by atoms with Crippen LogP contribution in [0.2, 0.25) is 0 Å². The van der Waals surface area contributed by atoms with Crippen molar-refractivity contribution in [2.75, 3.05) is 13.1 Å². The quantitative estimate of drug-likeness (QED) is 0.684. The number of aryl methyl sites for hydroxylation is 2. The fraction of sp³-hybridized carbons (Fsp3) is 0.500. The van der Waals surface area contributed by atoms with Gasteiger partial charge >= 0.3 is 0 Å². The van der Waals surface area contributed by atoms with Crippen molar-refractivity contribution in [2.45, 2.75) is 57.9 Å². The third-order valence-corrected chi connectivity index (χ3v) is 6.20. The number of hydrogen-bond donors (Lipinski definition) is 0. The summed E-state index contributed by atoms with van der Waals surface area (Å²) in [6.07, 6.45) is 6.93. The molecule has 4 heterocycles. The Balaban J connectivity index is 1.27. The first kappa shape index (κ1) is 16.9. The smallest absolute Gasteiger partial charge is 0.159 e. The summed E-state index contributed by atoms with van der Waals surface area (Å²) in [6, 6.07) is 6.71. The molecule has 0 N–H and O–H groups in total. The minimum atomic E-state index is 0.528. The lowest BCUT2D eigenvalue weighted by atomic mass is 9.92. The predicted molar refractivity (Wildman–Crippen MR) is 105 cm³/mol. The topological polar surface area (TPSA) is 55.1 Å². The fourth-order valence-corrected chi connectivity index (χ4v) is 4.25. The van der Waals surface area contributed by atoms with Gasteiger partial charge in [0, 0.05) is 35.3 Å². The molecule has 0 spiro atoms.